The van der Waals surface area contributed by atoms with Crippen molar-refractivity contribution in [2.75, 3.05) is 32.1 Å². The Kier molecular flexibility index (Phi) is 4.76. The summed E-state index contributed by atoms with van der Waals surface area (Å²) in [6, 6.07) is 7.32. The number of nitrogens with zero attached hydrogens (tertiary/aromatic N) is 1. The first kappa shape index (κ1) is 13.8. The van der Waals surface area contributed by atoms with E-state index in [0.717, 1.165) is 19.4 Å². The van der Waals surface area contributed by atoms with Gasteiger partial charge >= 0.3 is 0 Å². The summed E-state index contributed by atoms with van der Waals surface area (Å²) in [5, 5.41) is 12.4. The molecule has 1 amide bonds. The molecule has 1 aromatic carbocycles. The third-order valence-corrected chi connectivity index (χ3v) is 3.23. The van der Waals surface area contributed by atoms with Crippen LogP contribution in [-0.2, 0) is 4.79 Å². The van der Waals surface area contributed by atoms with Crippen LogP contribution in [-0.4, -0.2) is 48.8 Å². The Morgan fingerprint density at radius 3 is 3.05 bits per heavy atom. The van der Waals surface area contributed by atoms with Crippen molar-refractivity contribution in [2.45, 2.75) is 18.9 Å². The molecule has 0 saturated carbocycles. The molecule has 5 heteroatoms. The number of rotatable bonds is 4. The van der Waals surface area contributed by atoms with Crippen molar-refractivity contribution in [3.8, 4) is 5.75 Å². The van der Waals surface area contributed by atoms with Gasteiger partial charge in [0.2, 0.25) is 5.91 Å². The number of hydrogen-bond donors (Lipinski definition) is 2. The average molecular weight is 264 g/mol. The van der Waals surface area contributed by atoms with Crippen LogP contribution in [0, 0.1) is 0 Å². The second kappa shape index (κ2) is 6.54. The average Bonchev–Trinajstić information content (AvgIpc) is 2.39. The highest BCUT2D eigenvalue weighted by Crippen LogP contribution is 2.22. The third-order valence-electron chi connectivity index (χ3n) is 3.23. The maximum Gasteiger partial charge on any atom is 0.238 e. The van der Waals surface area contributed by atoms with Crippen molar-refractivity contribution in [3.05, 3.63) is 24.3 Å². The van der Waals surface area contributed by atoms with Crippen molar-refractivity contribution in [1.29, 1.82) is 0 Å². The summed E-state index contributed by atoms with van der Waals surface area (Å²) in [6.45, 7) is 1.73. The number of para-hydroxylation sites is 2. The topological polar surface area (TPSA) is 61.8 Å². The number of amides is 1. The number of benzene rings is 1. The van der Waals surface area contributed by atoms with Crippen LogP contribution in [0.2, 0.25) is 0 Å². The summed E-state index contributed by atoms with van der Waals surface area (Å²) in [5.74, 6) is 0.563. The number of β-amino-alcohol motifs (C(OH)–C–C–N with tert-alkyl or cyclic N) is 1. The van der Waals surface area contributed by atoms with Crippen LogP contribution in [0.5, 0.6) is 5.75 Å². The highest BCUT2D eigenvalue weighted by Gasteiger charge is 2.19. The summed E-state index contributed by atoms with van der Waals surface area (Å²) < 4.78 is 5.18. The van der Waals surface area contributed by atoms with Crippen molar-refractivity contribution in [1.82, 2.24) is 4.90 Å². The fourth-order valence-corrected chi connectivity index (χ4v) is 2.32. The summed E-state index contributed by atoms with van der Waals surface area (Å²) in [4.78, 5) is 13.9. The summed E-state index contributed by atoms with van der Waals surface area (Å²) in [5.41, 5.74) is 0.674. The minimum atomic E-state index is -0.312. The predicted molar refractivity (Wildman–Crippen MR) is 73.3 cm³/mol. The van der Waals surface area contributed by atoms with E-state index in [0.29, 0.717) is 24.5 Å². The van der Waals surface area contributed by atoms with Gasteiger partial charge in [0.25, 0.3) is 0 Å². The Morgan fingerprint density at radius 1 is 1.53 bits per heavy atom. The molecule has 0 spiro atoms. The molecule has 19 heavy (non-hydrogen) atoms. The number of likely N-dealkylation sites (tertiary alicyclic amines) is 1. The van der Waals surface area contributed by atoms with Gasteiger partial charge in [0.1, 0.15) is 5.75 Å². The van der Waals surface area contributed by atoms with Gasteiger partial charge in [-0.2, -0.15) is 0 Å². The van der Waals surface area contributed by atoms with Crippen molar-refractivity contribution < 1.29 is 14.6 Å². The van der Waals surface area contributed by atoms with Gasteiger partial charge in [-0.05, 0) is 31.5 Å². The molecule has 5 nitrogen and oxygen atoms in total. The zero-order valence-corrected chi connectivity index (χ0v) is 11.1. The van der Waals surface area contributed by atoms with Gasteiger partial charge in [-0.25, -0.2) is 0 Å². The summed E-state index contributed by atoms with van der Waals surface area (Å²) >= 11 is 0. The largest absolute Gasteiger partial charge is 0.495 e. The van der Waals surface area contributed by atoms with E-state index in [2.05, 4.69) is 5.32 Å². The SMILES string of the molecule is COc1ccccc1NC(=O)CN1CCCC(O)C1. The summed E-state index contributed by atoms with van der Waals surface area (Å²) in [7, 11) is 1.58. The van der Waals surface area contributed by atoms with Crippen LogP contribution in [0.3, 0.4) is 0 Å². The molecule has 104 valence electrons. The molecule has 0 aromatic heterocycles. The molecule has 1 aliphatic rings. The Morgan fingerprint density at radius 2 is 2.32 bits per heavy atom. The Balaban J connectivity index is 1.90. The highest BCUT2D eigenvalue weighted by atomic mass is 16.5. The van der Waals surface area contributed by atoms with E-state index < -0.39 is 0 Å². The number of aliphatic hydroxyl groups is 1. The quantitative estimate of drug-likeness (QED) is 0.854. The first-order chi connectivity index (χ1) is 9.19. The fraction of sp³-hybridized carbons (Fsp3) is 0.500. The molecule has 1 aromatic rings. The number of hydrogen-bond acceptors (Lipinski definition) is 4. The number of nitrogens with one attached hydrogen (secondary N) is 1. The molecular weight excluding hydrogens is 244 g/mol. The minimum Gasteiger partial charge on any atom is -0.495 e. The molecule has 1 saturated heterocycles. The third kappa shape index (κ3) is 3.94. The summed E-state index contributed by atoms with van der Waals surface area (Å²) in [6.07, 6.45) is 1.45. The first-order valence-corrected chi connectivity index (χ1v) is 6.52. The molecular formula is C14H20N2O3. The monoisotopic (exact) mass is 264 g/mol. The van der Waals surface area contributed by atoms with Gasteiger partial charge in [-0.3, -0.25) is 9.69 Å². The van der Waals surface area contributed by atoms with Crippen LogP contribution in [0.25, 0.3) is 0 Å². The molecule has 0 aliphatic carbocycles. The van der Waals surface area contributed by atoms with Gasteiger partial charge in [0.05, 0.1) is 25.4 Å². The van der Waals surface area contributed by atoms with Crippen LogP contribution in [0.1, 0.15) is 12.8 Å². The number of anilines is 1. The Bertz CT molecular complexity index is 436. The van der Waals surface area contributed by atoms with Gasteiger partial charge in [-0.15, -0.1) is 0 Å². The molecule has 0 radical (unpaired) electrons. The molecule has 1 fully saturated rings. The number of carbonyl (C=O) groups excluding carboxylic acids is 1. The molecule has 1 heterocycles. The predicted octanol–water partition coefficient (Wildman–Crippen LogP) is 1.09. The lowest BCUT2D eigenvalue weighted by molar-refractivity contribution is -0.118. The van der Waals surface area contributed by atoms with E-state index in [1.807, 2.05) is 23.1 Å². The smallest absolute Gasteiger partial charge is 0.238 e. The Hall–Kier alpha value is -1.59. The minimum absolute atomic E-state index is 0.0846. The zero-order valence-electron chi connectivity index (χ0n) is 11.1. The normalized spacial score (nSPS) is 20.0. The molecule has 1 unspecified atom stereocenters. The van der Waals surface area contributed by atoms with Crippen LogP contribution in [0.4, 0.5) is 5.69 Å². The van der Waals surface area contributed by atoms with E-state index in [9.17, 15) is 9.90 Å². The zero-order chi connectivity index (χ0) is 13.7. The number of piperidine rings is 1. The molecule has 2 rings (SSSR count). The van der Waals surface area contributed by atoms with Crippen molar-refractivity contribution in [3.63, 3.8) is 0 Å². The Labute approximate surface area is 113 Å². The van der Waals surface area contributed by atoms with Gasteiger partial charge < -0.3 is 15.2 Å². The lowest BCUT2D eigenvalue weighted by atomic mass is 10.1. The van der Waals surface area contributed by atoms with E-state index in [4.69, 9.17) is 4.74 Å². The molecule has 0 bridgehead atoms. The standard InChI is InChI=1S/C14H20N2O3/c1-19-13-7-3-2-6-12(13)15-14(18)10-16-8-4-5-11(17)9-16/h2-3,6-7,11,17H,4-5,8-10H2,1H3,(H,15,18). The number of ether oxygens (including phenoxy) is 1. The number of aliphatic hydroxyl groups excluding tert-OH is 1. The lowest BCUT2D eigenvalue weighted by Gasteiger charge is -2.29. The van der Waals surface area contributed by atoms with E-state index in [-0.39, 0.29) is 12.0 Å². The van der Waals surface area contributed by atoms with Crippen LogP contribution >= 0.6 is 0 Å². The van der Waals surface area contributed by atoms with Crippen LogP contribution < -0.4 is 10.1 Å². The van der Waals surface area contributed by atoms with Gasteiger partial charge in [0, 0.05) is 6.54 Å². The van der Waals surface area contributed by atoms with Gasteiger partial charge in [0.15, 0.2) is 0 Å². The molecule has 1 aliphatic heterocycles. The molecule has 2 N–H and O–H groups in total. The lowest BCUT2D eigenvalue weighted by Crippen LogP contribution is -2.42. The van der Waals surface area contributed by atoms with E-state index in [1.165, 1.54) is 0 Å². The highest BCUT2D eigenvalue weighted by molar-refractivity contribution is 5.93. The number of carbonyl (C=O) groups is 1. The van der Waals surface area contributed by atoms with Crippen molar-refractivity contribution >= 4 is 11.6 Å². The first-order valence-electron chi connectivity index (χ1n) is 6.52. The van der Waals surface area contributed by atoms with E-state index in [1.54, 1.807) is 13.2 Å². The molecule has 1 atom stereocenters. The van der Waals surface area contributed by atoms with Crippen molar-refractivity contribution in [2.24, 2.45) is 0 Å². The second-order valence-electron chi connectivity index (χ2n) is 4.78. The van der Waals surface area contributed by atoms with Crippen LogP contribution in [0.15, 0.2) is 24.3 Å². The van der Waals surface area contributed by atoms with E-state index >= 15 is 0 Å². The number of methoxy groups -OCH3 is 1. The second-order valence-corrected chi connectivity index (χ2v) is 4.78. The maximum atomic E-state index is 12.0. The maximum absolute atomic E-state index is 12.0. The van der Waals surface area contributed by atoms with Gasteiger partial charge in [-0.1, -0.05) is 12.1 Å². The fourth-order valence-electron chi connectivity index (χ4n) is 2.32.